The van der Waals surface area contributed by atoms with Gasteiger partial charge in [-0.3, -0.25) is 4.79 Å². The Hall–Kier alpha value is -0.600. The van der Waals surface area contributed by atoms with Crippen molar-refractivity contribution < 1.29 is 14.3 Å². The molecule has 3 amide bonds. The van der Waals surface area contributed by atoms with Gasteiger partial charge in [-0.25, -0.2) is 4.79 Å². The van der Waals surface area contributed by atoms with Crippen molar-refractivity contribution in [1.29, 1.82) is 0 Å². The molecule has 0 aromatic rings. The van der Waals surface area contributed by atoms with E-state index in [1.54, 1.807) is 0 Å². The molecule has 0 bridgehead atoms. The highest BCUT2D eigenvalue weighted by molar-refractivity contribution is 8.00. The average Bonchev–Trinajstić information content (AvgIpc) is 3.03. The fraction of sp³-hybridized carbons (Fsp3) is 0.857. The van der Waals surface area contributed by atoms with Crippen LogP contribution in [-0.4, -0.2) is 60.5 Å². The summed E-state index contributed by atoms with van der Waals surface area (Å²) in [6.07, 6.45) is 3.51. The number of carbonyl (C=O) groups is 2. The maximum absolute atomic E-state index is 11.6. The van der Waals surface area contributed by atoms with E-state index in [1.807, 2.05) is 11.8 Å². The summed E-state index contributed by atoms with van der Waals surface area (Å²) in [5.41, 5.74) is 0. The van der Waals surface area contributed by atoms with Crippen molar-refractivity contribution >= 4 is 36.3 Å². The van der Waals surface area contributed by atoms with Crippen LogP contribution >= 0.6 is 24.4 Å². The lowest BCUT2D eigenvalue weighted by molar-refractivity contribution is -0.121. The average molecular weight is 348 g/mol. The van der Waals surface area contributed by atoms with E-state index in [-0.39, 0.29) is 24.0 Å². The summed E-state index contributed by atoms with van der Waals surface area (Å²) < 4.78 is 5.24. The van der Waals surface area contributed by atoms with Crippen LogP contribution in [0.15, 0.2) is 0 Å². The number of rotatable bonds is 10. The predicted molar refractivity (Wildman–Crippen MR) is 91.6 cm³/mol. The van der Waals surface area contributed by atoms with Gasteiger partial charge in [0, 0.05) is 29.7 Å². The largest absolute Gasteiger partial charge is 0.379 e. The molecule has 3 N–H and O–H groups in total. The molecule has 2 saturated heterocycles. The van der Waals surface area contributed by atoms with Crippen molar-refractivity contribution in [3.63, 3.8) is 0 Å². The summed E-state index contributed by atoms with van der Waals surface area (Å²) in [5.74, 6) is 1.77. The third kappa shape index (κ3) is 5.55. The fourth-order valence-electron chi connectivity index (χ4n) is 2.79. The summed E-state index contributed by atoms with van der Waals surface area (Å²) >= 11 is 5.96. The molecule has 3 unspecified atom stereocenters. The third-order valence-electron chi connectivity index (χ3n) is 3.88. The Labute approximate surface area is 141 Å². The minimum atomic E-state index is -0.0418. The summed E-state index contributed by atoms with van der Waals surface area (Å²) in [5, 5.41) is 9.26. The number of hydrogen-bond donors (Lipinski definition) is 4. The minimum absolute atomic E-state index is 0.0418. The molecule has 6 nitrogen and oxygen atoms in total. The van der Waals surface area contributed by atoms with Gasteiger partial charge < -0.3 is 20.7 Å². The number of fused-ring (bicyclic) bond motifs is 1. The molecule has 2 heterocycles. The number of thiol groups is 1. The number of hydrogen-bond acceptors (Lipinski definition) is 5. The van der Waals surface area contributed by atoms with Gasteiger partial charge in [0.25, 0.3) is 0 Å². The van der Waals surface area contributed by atoms with E-state index < -0.39 is 0 Å². The molecule has 3 atom stereocenters. The third-order valence-corrected chi connectivity index (χ3v) is 5.58. The molecular formula is C14H25N3O3S2. The first-order valence-corrected chi connectivity index (χ1v) is 9.53. The molecule has 0 spiro atoms. The molecule has 126 valence electrons. The molecule has 22 heavy (non-hydrogen) atoms. The smallest absolute Gasteiger partial charge is 0.315 e. The second kappa shape index (κ2) is 9.52. The Morgan fingerprint density at radius 2 is 2.23 bits per heavy atom. The van der Waals surface area contributed by atoms with Crippen LogP contribution in [0.2, 0.25) is 0 Å². The quantitative estimate of drug-likeness (QED) is 0.267. The summed E-state index contributed by atoms with van der Waals surface area (Å²) in [7, 11) is 0. The number of nitrogens with one attached hydrogen (secondary N) is 3. The number of urea groups is 1. The van der Waals surface area contributed by atoms with Gasteiger partial charge in [-0.15, -0.1) is 0 Å². The van der Waals surface area contributed by atoms with Crippen molar-refractivity contribution in [2.75, 3.05) is 31.3 Å². The van der Waals surface area contributed by atoms with Crippen molar-refractivity contribution in [1.82, 2.24) is 16.0 Å². The second-order valence-electron chi connectivity index (χ2n) is 5.55. The standard InChI is InChI=1S/C14H25N3O3S2/c18-12(15-5-6-20-7-8-21)4-2-1-3-11-13-10(9-22-11)16-14(19)17-13/h10-11,13,21H,1-9H2,(H,15,18)(H2,16,17,19). The van der Waals surface area contributed by atoms with E-state index in [0.717, 1.165) is 25.0 Å². The minimum Gasteiger partial charge on any atom is -0.379 e. The number of unbranched alkanes of at least 4 members (excludes halogenated alkanes) is 1. The lowest BCUT2D eigenvalue weighted by Gasteiger charge is -2.16. The molecule has 2 fully saturated rings. The molecular weight excluding hydrogens is 322 g/mol. The number of carbonyl (C=O) groups excluding carboxylic acids is 2. The first-order valence-electron chi connectivity index (χ1n) is 7.84. The monoisotopic (exact) mass is 347 g/mol. The van der Waals surface area contributed by atoms with Crippen LogP contribution in [0.5, 0.6) is 0 Å². The molecule has 2 aliphatic rings. The maximum Gasteiger partial charge on any atom is 0.315 e. The Kier molecular flexibility index (Phi) is 7.68. The Morgan fingerprint density at radius 3 is 3.05 bits per heavy atom. The van der Waals surface area contributed by atoms with E-state index in [0.29, 0.717) is 37.2 Å². The van der Waals surface area contributed by atoms with Gasteiger partial charge >= 0.3 is 6.03 Å². The van der Waals surface area contributed by atoms with Crippen LogP contribution in [0.3, 0.4) is 0 Å². The molecule has 0 aromatic carbocycles. The first kappa shape index (κ1) is 17.7. The highest BCUT2D eigenvalue weighted by Crippen LogP contribution is 2.33. The topological polar surface area (TPSA) is 79.5 Å². The molecule has 2 aliphatic heterocycles. The van der Waals surface area contributed by atoms with Crippen LogP contribution in [0, 0.1) is 0 Å². The van der Waals surface area contributed by atoms with Crippen LogP contribution in [-0.2, 0) is 9.53 Å². The van der Waals surface area contributed by atoms with Gasteiger partial charge in [0.15, 0.2) is 0 Å². The van der Waals surface area contributed by atoms with Crippen LogP contribution in [0.4, 0.5) is 4.79 Å². The van der Waals surface area contributed by atoms with E-state index >= 15 is 0 Å². The SMILES string of the molecule is O=C(CCCCC1SCC2NC(=O)NC21)NCCOCCS. The molecule has 2 rings (SSSR count). The molecule has 0 aromatic heterocycles. The van der Waals surface area contributed by atoms with E-state index in [4.69, 9.17) is 4.74 Å². The normalized spacial score (nSPS) is 26.4. The van der Waals surface area contributed by atoms with Crippen LogP contribution in [0.25, 0.3) is 0 Å². The van der Waals surface area contributed by atoms with Crippen molar-refractivity contribution in [2.45, 2.75) is 43.0 Å². The maximum atomic E-state index is 11.6. The molecule has 0 saturated carbocycles. The van der Waals surface area contributed by atoms with Gasteiger partial charge in [0.05, 0.1) is 25.3 Å². The Bertz CT molecular complexity index is 384. The van der Waals surface area contributed by atoms with Crippen LogP contribution in [0.1, 0.15) is 25.7 Å². The Balaban J connectivity index is 1.49. The molecule has 0 aliphatic carbocycles. The highest BCUT2D eigenvalue weighted by Gasteiger charge is 2.42. The van der Waals surface area contributed by atoms with Gasteiger partial charge in [0.2, 0.25) is 5.91 Å². The highest BCUT2D eigenvalue weighted by atomic mass is 32.2. The summed E-state index contributed by atoms with van der Waals surface area (Å²) in [6, 6.07) is 0.498. The fourth-order valence-corrected chi connectivity index (χ4v) is 4.46. The second-order valence-corrected chi connectivity index (χ2v) is 7.27. The van der Waals surface area contributed by atoms with E-state index in [1.165, 1.54) is 0 Å². The van der Waals surface area contributed by atoms with Crippen molar-refractivity contribution in [3.8, 4) is 0 Å². The van der Waals surface area contributed by atoms with Gasteiger partial charge in [-0.1, -0.05) is 6.42 Å². The van der Waals surface area contributed by atoms with Crippen molar-refractivity contribution in [2.24, 2.45) is 0 Å². The van der Waals surface area contributed by atoms with Gasteiger partial charge in [0.1, 0.15) is 0 Å². The number of amides is 3. The summed E-state index contributed by atoms with van der Waals surface area (Å²) in [4.78, 5) is 22.9. The zero-order valence-electron chi connectivity index (χ0n) is 12.7. The molecule has 8 heteroatoms. The first-order chi connectivity index (χ1) is 10.7. The lowest BCUT2D eigenvalue weighted by Crippen LogP contribution is -2.36. The van der Waals surface area contributed by atoms with E-state index in [2.05, 4.69) is 28.6 Å². The van der Waals surface area contributed by atoms with Gasteiger partial charge in [-0.05, 0) is 12.8 Å². The number of ether oxygens (including phenoxy) is 1. The number of thioether (sulfide) groups is 1. The summed E-state index contributed by atoms with van der Waals surface area (Å²) in [6.45, 7) is 1.72. The van der Waals surface area contributed by atoms with Crippen LogP contribution < -0.4 is 16.0 Å². The zero-order valence-corrected chi connectivity index (χ0v) is 14.4. The van der Waals surface area contributed by atoms with Crippen molar-refractivity contribution in [3.05, 3.63) is 0 Å². The Morgan fingerprint density at radius 1 is 1.36 bits per heavy atom. The van der Waals surface area contributed by atoms with E-state index in [9.17, 15) is 9.59 Å². The molecule has 0 radical (unpaired) electrons. The lowest BCUT2D eigenvalue weighted by atomic mass is 10.0. The van der Waals surface area contributed by atoms with Gasteiger partial charge in [-0.2, -0.15) is 24.4 Å². The predicted octanol–water partition coefficient (Wildman–Crippen LogP) is 0.775. The zero-order chi connectivity index (χ0) is 15.8.